The van der Waals surface area contributed by atoms with Gasteiger partial charge in [0.1, 0.15) is 0 Å². The van der Waals surface area contributed by atoms with Crippen LogP contribution < -0.4 is 0 Å². The third-order valence-corrected chi connectivity index (χ3v) is 1.72. The van der Waals surface area contributed by atoms with Crippen LogP contribution >= 0.6 is 0 Å². The van der Waals surface area contributed by atoms with Gasteiger partial charge in [-0.15, -0.1) is 0 Å². The molecule has 62 valence electrons. The van der Waals surface area contributed by atoms with Crippen molar-refractivity contribution in [3.63, 3.8) is 0 Å². The average Bonchev–Trinajstić information content (AvgIpc) is 2.00. The van der Waals surface area contributed by atoms with E-state index in [0.29, 0.717) is 0 Å². The Kier molecular flexibility index (Phi) is 3.83. The molecule has 0 amide bonds. The molecule has 0 saturated heterocycles. The fourth-order valence-electron chi connectivity index (χ4n) is 0.759. The Labute approximate surface area is 69.1 Å². The van der Waals surface area contributed by atoms with Gasteiger partial charge in [-0.05, 0) is 19.4 Å². The van der Waals surface area contributed by atoms with E-state index in [4.69, 9.17) is 4.74 Å². The van der Waals surface area contributed by atoms with Crippen LogP contribution in [0.25, 0.3) is 0 Å². The summed E-state index contributed by atoms with van der Waals surface area (Å²) in [6.07, 6.45) is 5.42. The van der Waals surface area contributed by atoms with Crippen molar-refractivity contribution in [1.29, 1.82) is 0 Å². The lowest BCUT2D eigenvalue weighted by molar-refractivity contribution is 0.0581. The third-order valence-electron chi connectivity index (χ3n) is 1.72. The standard InChI is InChI=1S/C10H16O/c1-6-8-9(7-2)10(3,4)11-5/h6-8H,1-2H2,3-5H3/b9-8+. The summed E-state index contributed by atoms with van der Waals surface area (Å²) >= 11 is 0. The largest absolute Gasteiger partial charge is 0.374 e. The van der Waals surface area contributed by atoms with Crippen LogP contribution in [0.1, 0.15) is 13.8 Å². The summed E-state index contributed by atoms with van der Waals surface area (Å²) < 4.78 is 5.26. The molecule has 0 atom stereocenters. The van der Waals surface area contributed by atoms with Gasteiger partial charge in [0.25, 0.3) is 0 Å². The summed E-state index contributed by atoms with van der Waals surface area (Å²) in [4.78, 5) is 0. The zero-order valence-corrected chi connectivity index (χ0v) is 7.55. The van der Waals surface area contributed by atoms with Crippen LogP contribution in [-0.4, -0.2) is 12.7 Å². The minimum atomic E-state index is -0.268. The molecule has 0 aromatic carbocycles. The molecule has 0 fully saturated rings. The second kappa shape index (κ2) is 4.14. The van der Waals surface area contributed by atoms with Gasteiger partial charge in [0.2, 0.25) is 0 Å². The summed E-state index contributed by atoms with van der Waals surface area (Å²) in [7, 11) is 1.68. The van der Waals surface area contributed by atoms with E-state index in [9.17, 15) is 0 Å². The second-order valence-electron chi connectivity index (χ2n) is 2.78. The molecule has 0 aliphatic heterocycles. The molecule has 0 saturated carbocycles. The van der Waals surface area contributed by atoms with E-state index < -0.39 is 0 Å². The molecule has 0 heterocycles. The predicted molar refractivity (Wildman–Crippen MR) is 49.6 cm³/mol. The number of rotatable bonds is 4. The van der Waals surface area contributed by atoms with E-state index in [2.05, 4.69) is 13.2 Å². The van der Waals surface area contributed by atoms with Gasteiger partial charge in [-0.25, -0.2) is 0 Å². The first-order valence-electron chi connectivity index (χ1n) is 3.59. The van der Waals surface area contributed by atoms with E-state index in [1.54, 1.807) is 19.3 Å². The molecule has 0 unspecified atom stereocenters. The van der Waals surface area contributed by atoms with Crippen LogP contribution in [0.2, 0.25) is 0 Å². The molecular weight excluding hydrogens is 136 g/mol. The maximum absolute atomic E-state index is 5.26. The van der Waals surface area contributed by atoms with Gasteiger partial charge in [0, 0.05) is 7.11 Å². The molecule has 1 heteroatoms. The lowest BCUT2D eigenvalue weighted by atomic mass is 9.97. The highest BCUT2D eigenvalue weighted by molar-refractivity contribution is 5.29. The summed E-state index contributed by atoms with van der Waals surface area (Å²) in [6, 6.07) is 0. The Balaban J connectivity index is 4.62. The third kappa shape index (κ3) is 2.72. The van der Waals surface area contributed by atoms with E-state index in [1.807, 2.05) is 19.9 Å². The first-order valence-corrected chi connectivity index (χ1v) is 3.59. The normalized spacial score (nSPS) is 12.8. The molecule has 0 aliphatic rings. The van der Waals surface area contributed by atoms with Crippen molar-refractivity contribution in [1.82, 2.24) is 0 Å². The van der Waals surface area contributed by atoms with Gasteiger partial charge in [0.15, 0.2) is 0 Å². The molecule has 0 rings (SSSR count). The summed E-state index contributed by atoms with van der Waals surface area (Å²) in [6.45, 7) is 11.3. The summed E-state index contributed by atoms with van der Waals surface area (Å²) in [5.74, 6) is 0. The van der Waals surface area contributed by atoms with Crippen molar-refractivity contribution < 1.29 is 4.74 Å². The van der Waals surface area contributed by atoms with E-state index in [0.717, 1.165) is 5.57 Å². The molecule has 0 aromatic rings. The Hall–Kier alpha value is -0.820. The van der Waals surface area contributed by atoms with Gasteiger partial charge in [0.05, 0.1) is 5.60 Å². The zero-order chi connectivity index (χ0) is 8.91. The minimum Gasteiger partial charge on any atom is -0.374 e. The van der Waals surface area contributed by atoms with Crippen LogP contribution in [-0.2, 0) is 4.74 Å². The maximum Gasteiger partial charge on any atom is 0.0871 e. The number of hydrogen-bond donors (Lipinski definition) is 0. The highest BCUT2D eigenvalue weighted by Gasteiger charge is 2.18. The number of methoxy groups -OCH3 is 1. The van der Waals surface area contributed by atoms with E-state index >= 15 is 0 Å². The SMILES string of the molecule is C=C/C=C(\C=C)C(C)(C)OC. The van der Waals surface area contributed by atoms with Gasteiger partial charge in [-0.1, -0.05) is 31.4 Å². The first-order chi connectivity index (χ1) is 5.08. The van der Waals surface area contributed by atoms with Crippen molar-refractivity contribution in [2.75, 3.05) is 7.11 Å². The predicted octanol–water partition coefficient (Wildman–Crippen LogP) is 2.71. The Morgan fingerprint density at radius 3 is 2.18 bits per heavy atom. The van der Waals surface area contributed by atoms with Crippen LogP contribution in [0, 0.1) is 0 Å². The van der Waals surface area contributed by atoms with Crippen LogP contribution in [0.5, 0.6) is 0 Å². The lowest BCUT2D eigenvalue weighted by Gasteiger charge is -2.23. The summed E-state index contributed by atoms with van der Waals surface area (Å²) in [5, 5.41) is 0. The van der Waals surface area contributed by atoms with Crippen molar-refractivity contribution in [3.8, 4) is 0 Å². The van der Waals surface area contributed by atoms with Gasteiger partial charge >= 0.3 is 0 Å². The molecule has 0 N–H and O–H groups in total. The molecule has 0 spiro atoms. The maximum atomic E-state index is 5.26. The molecule has 1 nitrogen and oxygen atoms in total. The van der Waals surface area contributed by atoms with Crippen LogP contribution in [0.15, 0.2) is 37.0 Å². The van der Waals surface area contributed by atoms with E-state index in [-0.39, 0.29) is 5.60 Å². The van der Waals surface area contributed by atoms with Gasteiger partial charge in [-0.3, -0.25) is 0 Å². The van der Waals surface area contributed by atoms with Crippen molar-refractivity contribution in [3.05, 3.63) is 37.0 Å². The van der Waals surface area contributed by atoms with Gasteiger partial charge < -0.3 is 4.74 Å². The van der Waals surface area contributed by atoms with Crippen LogP contribution in [0.4, 0.5) is 0 Å². The first kappa shape index (κ1) is 10.2. The number of allylic oxidation sites excluding steroid dienone is 2. The quantitative estimate of drug-likeness (QED) is 0.563. The molecule has 0 radical (unpaired) electrons. The van der Waals surface area contributed by atoms with Crippen molar-refractivity contribution in [2.45, 2.75) is 19.4 Å². The van der Waals surface area contributed by atoms with Crippen LogP contribution in [0.3, 0.4) is 0 Å². The van der Waals surface area contributed by atoms with E-state index in [1.165, 1.54) is 0 Å². The topological polar surface area (TPSA) is 9.23 Å². The summed E-state index contributed by atoms with van der Waals surface area (Å²) in [5.41, 5.74) is 0.769. The highest BCUT2D eigenvalue weighted by atomic mass is 16.5. The Bertz CT molecular complexity index is 175. The monoisotopic (exact) mass is 152 g/mol. The van der Waals surface area contributed by atoms with Crippen molar-refractivity contribution >= 4 is 0 Å². The second-order valence-corrected chi connectivity index (χ2v) is 2.78. The highest BCUT2D eigenvalue weighted by Crippen LogP contribution is 2.20. The number of hydrogen-bond acceptors (Lipinski definition) is 1. The zero-order valence-electron chi connectivity index (χ0n) is 7.55. The Morgan fingerprint density at radius 1 is 1.36 bits per heavy atom. The number of ether oxygens (including phenoxy) is 1. The average molecular weight is 152 g/mol. The van der Waals surface area contributed by atoms with Crippen molar-refractivity contribution in [2.24, 2.45) is 0 Å². The Morgan fingerprint density at radius 2 is 1.91 bits per heavy atom. The smallest absolute Gasteiger partial charge is 0.0871 e. The fraction of sp³-hybridized carbons (Fsp3) is 0.400. The fourth-order valence-corrected chi connectivity index (χ4v) is 0.759. The molecule has 0 aliphatic carbocycles. The van der Waals surface area contributed by atoms with Gasteiger partial charge in [-0.2, -0.15) is 0 Å². The molecule has 0 bridgehead atoms. The molecule has 11 heavy (non-hydrogen) atoms. The molecule has 0 aromatic heterocycles. The minimum absolute atomic E-state index is 0.268. The lowest BCUT2D eigenvalue weighted by Crippen LogP contribution is -2.24. The molecular formula is C10H16O.